The number of carbonyl (C=O) groups is 1. The highest BCUT2D eigenvalue weighted by Gasteiger charge is 2.19. The summed E-state index contributed by atoms with van der Waals surface area (Å²) in [4.78, 5) is 12.2. The summed E-state index contributed by atoms with van der Waals surface area (Å²) in [5, 5.41) is 3.11. The van der Waals surface area contributed by atoms with E-state index in [4.69, 9.17) is 27.9 Å². The van der Waals surface area contributed by atoms with Gasteiger partial charge in [0, 0.05) is 4.47 Å². The quantitative estimate of drug-likeness (QED) is 0.697. The van der Waals surface area contributed by atoms with E-state index in [1.807, 2.05) is 13.0 Å². The number of halogens is 4. The van der Waals surface area contributed by atoms with Crippen molar-refractivity contribution < 1.29 is 13.9 Å². The fraction of sp³-hybridized carbons (Fsp3) is 0.188. The third kappa shape index (κ3) is 4.59. The van der Waals surface area contributed by atoms with E-state index >= 15 is 0 Å². The van der Waals surface area contributed by atoms with Crippen molar-refractivity contribution in [3.05, 3.63) is 56.2 Å². The Balaban J connectivity index is 2.11. The van der Waals surface area contributed by atoms with E-state index in [-0.39, 0.29) is 5.02 Å². The summed E-state index contributed by atoms with van der Waals surface area (Å²) in [6, 6.07) is 7.25. The molecule has 0 aromatic heterocycles. The van der Waals surface area contributed by atoms with E-state index in [1.165, 1.54) is 12.1 Å². The second-order valence-electron chi connectivity index (χ2n) is 4.91. The van der Waals surface area contributed by atoms with Crippen molar-refractivity contribution in [2.24, 2.45) is 0 Å². The Kier molecular flexibility index (Phi) is 5.89. The Morgan fingerprint density at radius 2 is 1.96 bits per heavy atom. The molecule has 0 saturated heterocycles. The van der Waals surface area contributed by atoms with Crippen LogP contribution >= 0.6 is 39.1 Å². The largest absolute Gasteiger partial charge is 0.479 e. The van der Waals surface area contributed by atoms with Gasteiger partial charge < -0.3 is 10.1 Å². The van der Waals surface area contributed by atoms with Crippen LogP contribution in [0.3, 0.4) is 0 Å². The second kappa shape index (κ2) is 7.51. The van der Waals surface area contributed by atoms with Crippen molar-refractivity contribution in [1.82, 2.24) is 0 Å². The fourth-order valence-corrected chi connectivity index (χ4v) is 3.12. The molecule has 0 bridgehead atoms. The Labute approximate surface area is 151 Å². The van der Waals surface area contributed by atoms with Gasteiger partial charge in [-0.15, -0.1) is 0 Å². The molecule has 0 spiro atoms. The van der Waals surface area contributed by atoms with Crippen molar-refractivity contribution in [3.63, 3.8) is 0 Å². The number of rotatable bonds is 4. The van der Waals surface area contributed by atoms with E-state index in [1.54, 1.807) is 13.0 Å². The highest BCUT2D eigenvalue weighted by Crippen LogP contribution is 2.33. The molecule has 2 rings (SSSR count). The van der Waals surface area contributed by atoms with Crippen molar-refractivity contribution in [3.8, 4) is 5.75 Å². The predicted molar refractivity (Wildman–Crippen MR) is 94.0 cm³/mol. The van der Waals surface area contributed by atoms with Gasteiger partial charge in [-0.25, -0.2) is 4.39 Å². The van der Waals surface area contributed by atoms with Crippen molar-refractivity contribution >= 4 is 50.7 Å². The normalized spacial score (nSPS) is 11.9. The number of benzene rings is 2. The van der Waals surface area contributed by atoms with Gasteiger partial charge >= 0.3 is 0 Å². The number of hydrogen-bond acceptors (Lipinski definition) is 2. The molecule has 1 N–H and O–H groups in total. The van der Waals surface area contributed by atoms with Gasteiger partial charge in [0.2, 0.25) is 0 Å². The third-order valence-corrected chi connectivity index (χ3v) is 4.10. The van der Waals surface area contributed by atoms with E-state index in [0.29, 0.717) is 16.5 Å². The summed E-state index contributed by atoms with van der Waals surface area (Å²) in [5.74, 6) is -0.464. The van der Waals surface area contributed by atoms with Crippen LogP contribution in [0.5, 0.6) is 5.75 Å². The van der Waals surface area contributed by atoms with Gasteiger partial charge in [0.05, 0.1) is 15.7 Å². The number of ether oxygens (including phenoxy) is 1. The van der Waals surface area contributed by atoms with E-state index in [9.17, 15) is 9.18 Å². The fourth-order valence-electron chi connectivity index (χ4n) is 1.89. The average Bonchev–Trinajstić information content (AvgIpc) is 2.45. The zero-order chi connectivity index (χ0) is 17.1. The number of carbonyl (C=O) groups excluding carboxylic acids is 1. The van der Waals surface area contributed by atoms with Gasteiger partial charge in [0.15, 0.2) is 6.10 Å². The van der Waals surface area contributed by atoms with E-state index in [0.717, 1.165) is 16.1 Å². The summed E-state index contributed by atoms with van der Waals surface area (Å²) in [7, 11) is 0. The zero-order valence-corrected chi connectivity index (χ0v) is 15.4. The first-order valence-corrected chi connectivity index (χ1v) is 8.21. The molecule has 122 valence electrons. The maximum absolute atomic E-state index is 13.0. The molecule has 0 heterocycles. The van der Waals surface area contributed by atoms with Gasteiger partial charge in [0.1, 0.15) is 11.6 Å². The minimum absolute atomic E-state index is 0.114. The lowest BCUT2D eigenvalue weighted by Crippen LogP contribution is -2.30. The monoisotopic (exact) mass is 419 g/mol. The smallest absolute Gasteiger partial charge is 0.265 e. The molecule has 0 radical (unpaired) electrons. The first kappa shape index (κ1) is 18.0. The van der Waals surface area contributed by atoms with Crippen LogP contribution in [0.4, 0.5) is 10.1 Å². The van der Waals surface area contributed by atoms with Crippen LogP contribution in [0.15, 0.2) is 34.8 Å². The molecule has 1 atom stereocenters. The second-order valence-corrected chi connectivity index (χ2v) is 6.64. The third-order valence-electron chi connectivity index (χ3n) is 3.05. The van der Waals surface area contributed by atoms with Gasteiger partial charge in [-0.05, 0) is 49.7 Å². The first-order valence-electron chi connectivity index (χ1n) is 6.66. The van der Waals surface area contributed by atoms with Crippen molar-refractivity contribution in [2.45, 2.75) is 20.0 Å². The van der Waals surface area contributed by atoms with E-state index < -0.39 is 17.8 Å². The molecular formula is C16H13BrCl2FNO2. The Bertz CT molecular complexity index is 732. The van der Waals surface area contributed by atoms with Crippen LogP contribution in [-0.4, -0.2) is 12.0 Å². The average molecular weight is 421 g/mol. The lowest BCUT2D eigenvalue weighted by atomic mass is 10.2. The van der Waals surface area contributed by atoms with Crippen LogP contribution < -0.4 is 10.1 Å². The topological polar surface area (TPSA) is 38.3 Å². The molecule has 7 heteroatoms. The molecule has 2 aromatic rings. The number of aryl methyl sites for hydroxylation is 1. The molecule has 23 heavy (non-hydrogen) atoms. The Morgan fingerprint density at radius 1 is 1.26 bits per heavy atom. The first-order chi connectivity index (χ1) is 10.8. The molecule has 0 aliphatic rings. The van der Waals surface area contributed by atoms with Crippen molar-refractivity contribution in [2.75, 3.05) is 5.32 Å². The van der Waals surface area contributed by atoms with Crippen LogP contribution in [-0.2, 0) is 4.79 Å². The highest BCUT2D eigenvalue weighted by molar-refractivity contribution is 9.10. The molecule has 0 aliphatic heterocycles. The Morgan fingerprint density at radius 3 is 2.57 bits per heavy atom. The summed E-state index contributed by atoms with van der Waals surface area (Å²) in [5.41, 5.74) is 1.11. The maximum Gasteiger partial charge on any atom is 0.265 e. The number of amides is 1. The van der Waals surface area contributed by atoms with Gasteiger partial charge in [-0.2, -0.15) is 0 Å². The van der Waals surface area contributed by atoms with Crippen LogP contribution in [0, 0.1) is 12.7 Å². The lowest BCUT2D eigenvalue weighted by molar-refractivity contribution is -0.122. The standard InChI is InChI=1S/C16H13BrCl2FNO2/c1-8-5-10(17)6-13(19)15(8)23-9(2)16(22)21-14-4-3-11(20)7-12(14)18/h3-7,9H,1-2H3,(H,21,22). The number of anilines is 1. The van der Waals surface area contributed by atoms with Gasteiger partial charge in [-0.1, -0.05) is 39.1 Å². The molecule has 0 saturated carbocycles. The zero-order valence-electron chi connectivity index (χ0n) is 12.3. The molecule has 3 nitrogen and oxygen atoms in total. The predicted octanol–water partition coefficient (Wildman–Crippen LogP) is 5.61. The molecule has 1 amide bonds. The molecule has 0 aliphatic carbocycles. The Hall–Kier alpha value is -1.30. The maximum atomic E-state index is 13.0. The molecule has 1 unspecified atom stereocenters. The van der Waals surface area contributed by atoms with Crippen LogP contribution in [0.2, 0.25) is 10.0 Å². The minimum atomic E-state index is -0.812. The van der Waals surface area contributed by atoms with Crippen molar-refractivity contribution in [1.29, 1.82) is 0 Å². The number of hydrogen-bond donors (Lipinski definition) is 1. The number of nitrogens with one attached hydrogen (secondary N) is 1. The van der Waals surface area contributed by atoms with Crippen LogP contribution in [0.25, 0.3) is 0 Å². The van der Waals surface area contributed by atoms with E-state index in [2.05, 4.69) is 21.2 Å². The lowest BCUT2D eigenvalue weighted by Gasteiger charge is -2.18. The van der Waals surface area contributed by atoms with Crippen LogP contribution in [0.1, 0.15) is 12.5 Å². The molecule has 2 aromatic carbocycles. The summed E-state index contributed by atoms with van der Waals surface area (Å²) in [6.07, 6.45) is -0.812. The minimum Gasteiger partial charge on any atom is -0.479 e. The molecule has 0 fully saturated rings. The summed E-state index contributed by atoms with van der Waals surface area (Å²) >= 11 is 15.4. The molecular weight excluding hydrogens is 408 g/mol. The summed E-state index contributed by atoms with van der Waals surface area (Å²) in [6.45, 7) is 3.41. The SMILES string of the molecule is Cc1cc(Br)cc(Cl)c1OC(C)C(=O)Nc1ccc(F)cc1Cl. The highest BCUT2D eigenvalue weighted by atomic mass is 79.9. The van der Waals surface area contributed by atoms with Gasteiger partial charge in [-0.3, -0.25) is 4.79 Å². The summed E-state index contributed by atoms with van der Waals surface area (Å²) < 4.78 is 19.5. The van der Waals surface area contributed by atoms with Gasteiger partial charge in [0.25, 0.3) is 5.91 Å².